The molecule has 9 heteroatoms. The molecule has 0 saturated carbocycles. The average Bonchev–Trinajstić information content (AvgIpc) is 3.34. The number of amides is 1. The third-order valence-electron chi connectivity index (χ3n) is 4.85. The molecule has 2 heterocycles. The lowest BCUT2D eigenvalue weighted by Crippen LogP contribution is -2.23. The predicted octanol–water partition coefficient (Wildman–Crippen LogP) is 3.77. The summed E-state index contributed by atoms with van der Waals surface area (Å²) in [5.41, 5.74) is 1.43. The van der Waals surface area contributed by atoms with Crippen LogP contribution in [-0.4, -0.2) is 38.0 Å². The van der Waals surface area contributed by atoms with Crippen LogP contribution < -0.4 is 14.4 Å². The van der Waals surface area contributed by atoms with Crippen LogP contribution in [0.1, 0.15) is 24.0 Å². The fraction of sp³-hybridized carbons (Fsp3) is 0.227. The molecule has 160 valence electrons. The number of ether oxygens (including phenoxy) is 3. The number of carbonyl (C=O) groups excluding carboxylic acids is 2. The first-order chi connectivity index (χ1) is 15.0. The third kappa shape index (κ3) is 4.25. The van der Waals surface area contributed by atoms with Crippen molar-refractivity contribution >= 4 is 29.5 Å². The van der Waals surface area contributed by atoms with Gasteiger partial charge < -0.3 is 19.1 Å². The number of carbonyl (C=O) groups is 2. The van der Waals surface area contributed by atoms with E-state index in [2.05, 4.69) is 9.73 Å². The van der Waals surface area contributed by atoms with Gasteiger partial charge in [0.05, 0.1) is 7.11 Å². The van der Waals surface area contributed by atoms with E-state index in [0.29, 0.717) is 18.5 Å². The maximum absolute atomic E-state index is 12.8. The Morgan fingerprint density at radius 3 is 2.58 bits per heavy atom. The van der Waals surface area contributed by atoms with Gasteiger partial charge in [-0.1, -0.05) is 12.1 Å². The lowest BCUT2D eigenvalue weighted by atomic mass is 10.1. The molecular formula is C22H18F2N2O5. The van der Waals surface area contributed by atoms with Gasteiger partial charge in [0, 0.05) is 29.8 Å². The molecule has 0 aliphatic carbocycles. The van der Waals surface area contributed by atoms with Crippen molar-refractivity contribution in [2.75, 3.05) is 18.6 Å². The van der Waals surface area contributed by atoms with Gasteiger partial charge in [-0.3, -0.25) is 4.79 Å². The molecule has 4 rings (SSSR count). The Labute approximate surface area is 176 Å². The molecule has 0 aromatic heterocycles. The van der Waals surface area contributed by atoms with Crippen molar-refractivity contribution in [1.29, 1.82) is 0 Å². The predicted molar refractivity (Wildman–Crippen MR) is 108 cm³/mol. The van der Waals surface area contributed by atoms with Crippen LogP contribution in [-0.2, 0) is 14.3 Å². The second-order valence-electron chi connectivity index (χ2n) is 6.79. The molecule has 7 nitrogen and oxygen atoms in total. The van der Waals surface area contributed by atoms with Crippen molar-refractivity contribution < 1.29 is 32.6 Å². The van der Waals surface area contributed by atoms with Gasteiger partial charge in [-0.05, 0) is 42.8 Å². The molecule has 0 unspecified atom stereocenters. The van der Waals surface area contributed by atoms with Crippen LogP contribution in [0.3, 0.4) is 0 Å². The molecule has 31 heavy (non-hydrogen) atoms. The number of halogens is 2. The molecule has 1 amide bonds. The first kappa shape index (κ1) is 20.5. The van der Waals surface area contributed by atoms with Crippen molar-refractivity contribution in [1.82, 2.24) is 0 Å². The summed E-state index contributed by atoms with van der Waals surface area (Å²) in [4.78, 5) is 30.1. The largest absolute Gasteiger partial charge is 0.493 e. The Morgan fingerprint density at radius 1 is 1.16 bits per heavy atom. The van der Waals surface area contributed by atoms with Crippen LogP contribution >= 0.6 is 0 Å². The van der Waals surface area contributed by atoms with Crippen molar-refractivity contribution in [3.8, 4) is 11.5 Å². The zero-order valence-corrected chi connectivity index (χ0v) is 16.5. The second-order valence-corrected chi connectivity index (χ2v) is 6.79. The van der Waals surface area contributed by atoms with Crippen LogP contribution in [0.4, 0.5) is 14.5 Å². The Morgan fingerprint density at radius 2 is 1.94 bits per heavy atom. The SMILES string of the molecule is COc1cccc(C=C2N=C(c3ccc(N4CCCC4=O)cc3)OC2=O)c1OC(F)F. The van der Waals surface area contributed by atoms with Gasteiger partial charge >= 0.3 is 12.6 Å². The molecule has 0 N–H and O–H groups in total. The highest BCUT2D eigenvalue weighted by molar-refractivity contribution is 6.13. The fourth-order valence-electron chi connectivity index (χ4n) is 3.41. The summed E-state index contributed by atoms with van der Waals surface area (Å²) in [7, 11) is 1.32. The number of rotatable bonds is 6. The number of nitrogens with zero attached hydrogens (tertiary/aromatic N) is 2. The van der Waals surface area contributed by atoms with E-state index in [4.69, 9.17) is 9.47 Å². The lowest BCUT2D eigenvalue weighted by Gasteiger charge is -2.15. The number of cyclic esters (lactones) is 1. The van der Waals surface area contributed by atoms with Gasteiger partial charge in [0.2, 0.25) is 11.8 Å². The highest BCUT2D eigenvalue weighted by atomic mass is 19.3. The summed E-state index contributed by atoms with van der Waals surface area (Å²) in [5, 5.41) is 0. The highest BCUT2D eigenvalue weighted by Crippen LogP contribution is 2.34. The monoisotopic (exact) mass is 428 g/mol. The average molecular weight is 428 g/mol. The van der Waals surface area contributed by atoms with Gasteiger partial charge in [-0.2, -0.15) is 8.78 Å². The van der Waals surface area contributed by atoms with Crippen molar-refractivity contribution in [2.24, 2.45) is 4.99 Å². The van der Waals surface area contributed by atoms with E-state index in [0.717, 1.165) is 12.1 Å². The summed E-state index contributed by atoms with van der Waals surface area (Å²) in [5.74, 6) is -0.682. The fourth-order valence-corrected chi connectivity index (χ4v) is 3.41. The number of alkyl halides is 2. The minimum absolute atomic E-state index is 0.0684. The van der Waals surface area contributed by atoms with Gasteiger partial charge in [0.15, 0.2) is 17.2 Å². The molecule has 0 spiro atoms. The van der Waals surface area contributed by atoms with Gasteiger partial charge in [-0.25, -0.2) is 9.79 Å². The normalized spacial score (nSPS) is 17.4. The summed E-state index contributed by atoms with van der Waals surface area (Å²) >= 11 is 0. The number of hydrogen-bond donors (Lipinski definition) is 0. The zero-order chi connectivity index (χ0) is 22.0. The molecule has 1 fully saturated rings. The van der Waals surface area contributed by atoms with E-state index in [1.54, 1.807) is 35.2 Å². The Hall–Kier alpha value is -3.75. The van der Waals surface area contributed by atoms with Crippen molar-refractivity contribution in [2.45, 2.75) is 19.5 Å². The second kappa shape index (κ2) is 8.55. The summed E-state index contributed by atoms with van der Waals surface area (Å²) in [6.07, 6.45) is 2.65. The zero-order valence-electron chi connectivity index (χ0n) is 16.5. The summed E-state index contributed by atoms with van der Waals surface area (Å²) in [6.45, 7) is -2.39. The standard InChI is InChI=1S/C22H18F2N2O5/c1-29-17-5-2-4-14(19(17)30-22(23)24)12-16-21(28)31-20(25-16)13-7-9-15(10-8-13)26-11-3-6-18(26)27/h2,4-5,7-10,12,22H,3,6,11H2,1H3. The Balaban J connectivity index is 1.62. The summed E-state index contributed by atoms with van der Waals surface area (Å²) in [6, 6.07) is 11.5. The van der Waals surface area contributed by atoms with E-state index in [1.807, 2.05) is 0 Å². The summed E-state index contributed by atoms with van der Waals surface area (Å²) < 4.78 is 40.5. The lowest BCUT2D eigenvalue weighted by molar-refractivity contribution is -0.130. The maximum atomic E-state index is 12.8. The Kier molecular flexibility index (Phi) is 5.66. The third-order valence-corrected chi connectivity index (χ3v) is 4.85. The van der Waals surface area contributed by atoms with Crippen LogP contribution in [0.25, 0.3) is 6.08 Å². The minimum atomic E-state index is -3.07. The molecular weight excluding hydrogens is 410 g/mol. The number of benzene rings is 2. The van der Waals surface area contributed by atoms with E-state index >= 15 is 0 Å². The number of hydrogen-bond acceptors (Lipinski definition) is 6. The topological polar surface area (TPSA) is 77.4 Å². The Bertz CT molecular complexity index is 1080. The van der Waals surface area contributed by atoms with E-state index in [-0.39, 0.29) is 34.6 Å². The number of para-hydroxylation sites is 1. The van der Waals surface area contributed by atoms with Crippen LogP contribution in [0.15, 0.2) is 53.2 Å². The molecule has 1 saturated heterocycles. The molecule has 2 aliphatic rings. The van der Waals surface area contributed by atoms with E-state index in [9.17, 15) is 18.4 Å². The molecule has 2 aromatic carbocycles. The number of methoxy groups -OCH3 is 1. The minimum Gasteiger partial charge on any atom is -0.493 e. The smallest absolute Gasteiger partial charge is 0.387 e. The van der Waals surface area contributed by atoms with E-state index < -0.39 is 12.6 Å². The first-order valence-electron chi connectivity index (χ1n) is 9.51. The number of anilines is 1. The molecule has 2 aliphatic heterocycles. The molecule has 0 bridgehead atoms. The van der Waals surface area contributed by atoms with Crippen LogP contribution in [0, 0.1) is 0 Å². The highest BCUT2D eigenvalue weighted by Gasteiger charge is 2.26. The van der Waals surface area contributed by atoms with Crippen LogP contribution in [0.2, 0.25) is 0 Å². The maximum Gasteiger partial charge on any atom is 0.387 e. The number of esters is 1. The van der Waals surface area contributed by atoms with Crippen molar-refractivity contribution in [3.05, 3.63) is 59.3 Å². The van der Waals surface area contributed by atoms with Crippen molar-refractivity contribution in [3.63, 3.8) is 0 Å². The quantitative estimate of drug-likeness (QED) is 0.517. The van der Waals surface area contributed by atoms with Gasteiger partial charge in [-0.15, -0.1) is 0 Å². The molecule has 0 radical (unpaired) electrons. The number of aliphatic imine (C=N–C) groups is 1. The molecule has 2 aromatic rings. The first-order valence-corrected chi connectivity index (χ1v) is 9.51. The van der Waals surface area contributed by atoms with Gasteiger partial charge in [0.1, 0.15) is 0 Å². The van der Waals surface area contributed by atoms with Crippen LogP contribution in [0.5, 0.6) is 11.5 Å². The van der Waals surface area contributed by atoms with Gasteiger partial charge in [0.25, 0.3) is 0 Å². The molecule has 0 atom stereocenters. The van der Waals surface area contributed by atoms with E-state index in [1.165, 1.54) is 25.3 Å².